The molecule has 3 aromatic rings. The van der Waals surface area contributed by atoms with Crippen molar-refractivity contribution >= 4 is 29.0 Å². The van der Waals surface area contributed by atoms with Crippen molar-refractivity contribution in [2.45, 2.75) is 66.8 Å². The number of alkyl carbamates (subject to hydrolysis) is 1. The van der Waals surface area contributed by atoms with E-state index in [0.29, 0.717) is 36.7 Å². The van der Waals surface area contributed by atoms with E-state index in [0.717, 1.165) is 29.0 Å². The number of rotatable bonds is 9. The van der Waals surface area contributed by atoms with Crippen LogP contribution in [0.3, 0.4) is 0 Å². The fourth-order valence-electron chi connectivity index (χ4n) is 3.84. The van der Waals surface area contributed by atoms with Crippen LogP contribution < -0.4 is 16.4 Å². The highest BCUT2D eigenvalue weighted by molar-refractivity contribution is 5.97. The summed E-state index contributed by atoms with van der Waals surface area (Å²) in [5, 5.41) is 10.6. The molecule has 0 fully saturated rings. The molecule has 0 unspecified atom stereocenters. The van der Waals surface area contributed by atoms with Crippen LogP contribution >= 0.6 is 0 Å². The van der Waals surface area contributed by atoms with Crippen molar-refractivity contribution in [3.05, 3.63) is 52.9 Å². The lowest BCUT2D eigenvalue weighted by molar-refractivity contribution is 0.0534. The Balaban J connectivity index is 1.83. The van der Waals surface area contributed by atoms with Gasteiger partial charge in [-0.2, -0.15) is 5.10 Å². The molecule has 188 valence electrons. The minimum absolute atomic E-state index is 0.337. The molecule has 10 heteroatoms. The summed E-state index contributed by atoms with van der Waals surface area (Å²) in [5.74, 6) is 0.172. The average Bonchev–Trinajstić information content (AvgIpc) is 3.30. The van der Waals surface area contributed by atoms with Crippen LogP contribution in [0.1, 0.15) is 55.0 Å². The Morgan fingerprint density at radius 3 is 2.57 bits per heavy atom. The van der Waals surface area contributed by atoms with Gasteiger partial charge in [-0.05, 0) is 65.3 Å². The van der Waals surface area contributed by atoms with Crippen LogP contribution in [0.5, 0.6) is 0 Å². The van der Waals surface area contributed by atoms with Crippen molar-refractivity contribution in [3.63, 3.8) is 0 Å². The average molecular weight is 482 g/mol. The number of aryl methyl sites for hydroxylation is 3. The molecular formula is C25H35N7O3. The van der Waals surface area contributed by atoms with E-state index < -0.39 is 17.6 Å². The van der Waals surface area contributed by atoms with Crippen LogP contribution in [0.2, 0.25) is 0 Å². The van der Waals surface area contributed by atoms with Gasteiger partial charge in [0, 0.05) is 25.2 Å². The zero-order chi connectivity index (χ0) is 25.8. The van der Waals surface area contributed by atoms with E-state index in [1.54, 1.807) is 12.1 Å². The van der Waals surface area contributed by atoms with Crippen molar-refractivity contribution in [3.8, 4) is 0 Å². The number of hydrogen-bond acceptors (Lipinski definition) is 6. The highest BCUT2D eigenvalue weighted by atomic mass is 16.6. The molecular weight excluding hydrogens is 446 g/mol. The SMILES string of the molecule is CCn1nc(C)cc1CNc1nc2cc(C(N)=O)cc(C)c2n1C/C=C/CNC(=O)OC(C)(C)C. The second-order valence-electron chi connectivity index (χ2n) is 9.37. The van der Waals surface area contributed by atoms with Crippen molar-refractivity contribution in [1.29, 1.82) is 0 Å². The number of allylic oxidation sites excluding steroid dienone is 1. The van der Waals surface area contributed by atoms with Gasteiger partial charge in [0.15, 0.2) is 0 Å². The Labute approximate surface area is 205 Å². The van der Waals surface area contributed by atoms with Gasteiger partial charge in [0.25, 0.3) is 0 Å². The smallest absolute Gasteiger partial charge is 0.407 e. The summed E-state index contributed by atoms with van der Waals surface area (Å²) >= 11 is 0. The Morgan fingerprint density at radius 1 is 1.17 bits per heavy atom. The summed E-state index contributed by atoms with van der Waals surface area (Å²) in [6.45, 7) is 13.6. The van der Waals surface area contributed by atoms with E-state index in [1.165, 1.54) is 0 Å². The number of carbonyl (C=O) groups excluding carboxylic acids is 2. The summed E-state index contributed by atoms with van der Waals surface area (Å²) in [6.07, 6.45) is 3.35. The van der Waals surface area contributed by atoms with E-state index in [9.17, 15) is 9.59 Å². The van der Waals surface area contributed by atoms with E-state index in [-0.39, 0.29) is 0 Å². The lowest BCUT2D eigenvalue weighted by atomic mass is 10.1. The molecule has 1 aromatic carbocycles. The lowest BCUT2D eigenvalue weighted by Crippen LogP contribution is -2.32. The van der Waals surface area contributed by atoms with Crippen LogP contribution in [-0.2, 0) is 24.4 Å². The third-order valence-corrected chi connectivity index (χ3v) is 5.25. The monoisotopic (exact) mass is 481 g/mol. The predicted molar refractivity (Wildman–Crippen MR) is 136 cm³/mol. The van der Waals surface area contributed by atoms with Crippen LogP contribution in [0, 0.1) is 13.8 Å². The van der Waals surface area contributed by atoms with Gasteiger partial charge in [-0.15, -0.1) is 0 Å². The molecule has 0 bridgehead atoms. The van der Waals surface area contributed by atoms with Gasteiger partial charge in [0.2, 0.25) is 11.9 Å². The zero-order valence-electron chi connectivity index (χ0n) is 21.3. The molecule has 0 spiro atoms. The fraction of sp³-hybridized carbons (Fsp3) is 0.440. The number of amides is 2. The number of fused-ring (bicyclic) bond motifs is 1. The molecule has 10 nitrogen and oxygen atoms in total. The van der Waals surface area contributed by atoms with Gasteiger partial charge >= 0.3 is 6.09 Å². The molecule has 0 aliphatic carbocycles. The normalized spacial score (nSPS) is 11.8. The van der Waals surface area contributed by atoms with Crippen LogP contribution in [0.25, 0.3) is 11.0 Å². The van der Waals surface area contributed by atoms with Crippen molar-refractivity contribution in [1.82, 2.24) is 24.6 Å². The summed E-state index contributed by atoms with van der Waals surface area (Å²) in [7, 11) is 0. The van der Waals surface area contributed by atoms with Crippen LogP contribution in [-0.4, -0.2) is 43.5 Å². The van der Waals surface area contributed by atoms with E-state index >= 15 is 0 Å². The number of primary amides is 1. The Kier molecular flexibility index (Phi) is 7.83. The summed E-state index contributed by atoms with van der Waals surface area (Å²) < 4.78 is 9.25. The first-order valence-corrected chi connectivity index (χ1v) is 11.7. The van der Waals surface area contributed by atoms with Gasteiger partial charge in [0.05, 0.1) is 29.0 Å². The third-order valence-electron chi connectivity index (χ3n) is 5.25. The first-order chi connectivity index (χ1) is 16.5. The minimum atomic E-state index is -0.545. The van der Waals surface area contributed by atoms with Crippen LogP contribution in [0.4, 0.5) is 10.7 Å². The maximum atomic E-state index is 11.8. The number of aromatic nitrogens is 4. The van der Waals surface area contributed by atoms with E-state index in [1.807, 2.05) is 62.1 Å². The van der Waals surface area contributed by atoms with E-state index in [2.05, 4.69) is 22.7 Å². The first kappa shape index (κ1) is 25.8. The number of imidazole rings is 1. The summed E-state index contributed by atoms with van der Waals surface area (Å²) in [5.41, 5.74) is 9.88. The molecule has 0 radical (unpaired) electrons. The lowest BCUT2D eigenvalue weighted by Gasteiger charge is -2.19. The van der Waals surface area contributed by atoms with Crippen molar-refractivity contribution in [2.75, 3.05) is 11.9 Å². The third kappa shape index (κ3) is 6.62. The maximum absolute atomic E-state index is 11.8. The molecule has 2 heterocycles. The van der Waals surface area contributed by atoms with Crippen molar-refractivity contribution in [2.24, 2.45) is 5.73 Å². The van der Waals surface area contributed by atoms with Gasteiger partial charge in [-0.3, -0.25) is 9.48 Å². The molecule has 3 rings (SSSR count). The van der Waals surface area contributed by atoms with Gasteiger partial charge < -0.3 is 25.7 Å². The molecule has 0 atom stereocenters. The Morgan fingerprint density at radius 2 is 1.91 bits per heavy atom. The molecule has 0 aliphatic rings. The maximum Gasteiger partial charge on any atom is 0.407 e. The number of nitrogens with zero attached hydrogens (tertiary/aromatic N) is 4. The molecule has 0 aliphatic heterocycles. The van der Waals surface area contributed by atoms with Gasteiger partial charge in [-0.1, -0.05) is 12.2 Å². The highest BCUT2D eigenvalue weighted by Gasteiger charge is 2.16. The molecule has 2 amide bonds. The second kappa shape index (κ2) is 10.6. The number of hydrogen-bond donors (Lipinski definition) is 3. The molecule has 2 aromatic heterocycles. The number of anilines is 1. The number of carbonyl (C=O) groups is 2. The Bertz CT molecular complexity index is 1250. The predicted octanol–water partition coefficient (Wildman–Crippen LogP) is 3.66. The number of nitrogens with two attached hydrogens (primary N) is 1. The fourth-order valence-corrected chi connectivity index (χ4v) is 3.84. The summed E-state index contributed by atoms with van der Waals surface area (Å²) in [6, 6.07) is 5.53. The van der Waals surface area contributed by atoms with Crippen LogP contribution in [0.15, 0.2) is 30.4 Å². The topological polar surface area (TPSA) is 129 Å². The summed E-state index contributed by atoms with van der Waals surface area (Å²) in [4.78, 5) is 28.4. The molecule has 35 heavy (non-hydrogen) atoms. The quantitative estimate of drug-likeness (QED) is 0.400. The van der Waals surface area contributed by atoms with E-state index in [4.69, 9.17) is 15.5 Å². The van der Waals surface area contributed by atoms with Gasteiger partial charge in [-0.25, -0.2) is 9.78 Å². The Hall–Kier alpha value is -3.82. The largest absolute Gasteiger partial charge is 0.444 e. The molecule has 0 saturated carbocycles. The molecule has 4 N–H and O–H groups in total. The minimum Gasteiger partial charge on any atom is -0.444 e. The standard InChI is InChI=1S/C25H35N7O3/c1-7-32-19(13-17(3)30-32)15-28-23-29-20-14-18(22(26)33)12-16(2)21(20)31(23)11-9-8-10-27-24(34)35-25(4,5)6/h8-9,12-14H,7,10-11,15H2,1-6H3,(H2,26,33)(H,27,34)(H,28,29)/b9-8+. The highest BCUT2D eigenvalue weighted by Crippen LogP contribution is 2.25. The number of ether oxygens (including phenoxy) is 1. The zero-order valence-corrected chi connectivity index (χ0v) is 21.3. The second-order valence-corrected chi connectivity index (χ2v) is 9.37. The van der Waals surface area contributed by atoms with Crippen molar-refractivity contribution < 1.29 is 14.3 Å². The number of nitrogens with one attached hydrogen (secondary N) is 2. The van der Waals surface area contributed by atoms with Gasteiger partial charge in [0.1, 0.15) is 5.60 Å². The molecule has 0 saturated heterocycles. The number of benzene rings is 1. The first-order valence-electron chi connectivity index (χ1n) is 11.7.